The number of rotatable bonds is 2. The fourth-order valence-corrected chi connectivity index (χ4v) is 4.15. The Bertz CT molecular complexity index is 1120. The molecule has 0 spiro atoms. The molecule has 1 atom stereocenters. The number of benzene rings is 2. The molecule has 5 heteroatoms. The van der Waals surface area contributed by atoms with Crippen molar-refractivity contribution < 1.29 is 0 Å². The molecule has 4 aromatic rings. The average molecular weight is 355 g/mol. The summed E-state index contributed by atoms with van der Waals surface area (Å²) >= 11 is 0. The van der Waals surface area contributed by atoms with Crippen molar-refractivity contribution in [2.24, 2.45) is 7.05 Å². The maximum absolute atomic E-state index is 4.38. The molecular weight excluding hydrogens is 334 g/mol. The molecule has 0 bridgehead atoms. The highest BCUT2D eigenvalue weighted by Gasteiger charge is 2.25. The van der Waals surface area contributed by atoms with Crippen molar-refractivity contribution in [3.05, 3.63) is 77.6 Å². The lowest BCUT2D eigenvalue weighted by Gasteiger charge is -2.33. The van der Waals surface area contributed by atoms with Gasteiger partial charge in [-0.2, -0.15) is 15.3 Å². The standard InChI is InChI=1S/C22H21N5/c1-26-13-18-11-16(21-4-3-9-23-25-21)5-7-19(18)20(14-26)15-6-8-22-17(10-15)12-24-27(22)2/h3-12,20H,13-14H2,1-2H3. The van der Waals surface area contributed by atoms with Crippen LogP contribution >= 0.6 is 0 Å². The van der Waals surface area contributed by atoms with Crippen molar-refractivity contribution in [1.82, 2.24) is 24.9 Å². The van der Waals surface area contributed by atoms with Gasteiger partial charge in [0.25, 0.3) is 0 Å². The van der Waals surface area contributed by atoms with E-state index in [0.29, 0.717) is 5.92 Å². The summed E-state index contributed by atoms with van der Waals surface area (Å²) in [5.74, 6) is 0.360. The monoisotopic (exact) mass is 355 g/mol. The zero-order valence-electron chi connectivity index (χ0n) is 15.5. The first-order valence-corrected chi connectivity index (χ1v) is 9.20. The number of likely N-dealkylation sites (N-methyl/N-ethyl adjacent to an activating group) is 1. The lowest BCUT2D eigenvalue weighted by molar-refractivity contribution is 0.295. The molecule has 1 aliphatic heterocycles. The molecule has 27 heavy (non-hydrogen) atoms. The van der Waals surface area contributed by atoms with E-state index in [1.165, 1.54) is 27.6 Å². The van der Waals surface area contributed by atoms with Gasteiger partial charge in [0.05, 0.1) is 17.4 Å². The van der Waals surface area contributed by atoms with E-state index in [2.05, 4.69) is 63.6 Å². The number of aromatic nitrogens is 4. The average Bonchev–Trinajstić information content (AvgIpc) is 3.08. The molecule has 2 aromatic heterocycles. The lowest BCUT2D eigenvalue weighted by Crippen LogP contribution is -2.31. The van der Waals surface area contributed by atoms with Gasteiger partial charge in [-0.05, 0) is 54.1 Å². The first-order chi connectivity index (χ1) is 13.2. The Morgan fingerprint density at radius 3 is 2.81 bits per heavy atom. The Hall–Kier alpha value is -3.05. The number of nitrogens with zero attached hydrogens (tertiary/aromatic N) is 5. The van der Waals surface area contributed by atoms with Gasteiger partial charge in [0.15, 0.2) is 0 Å². The third-order valence-electron chi connectivity index (χ3n) is 5.49. The van der Waals surface area contributed by atoms with Crippen LogP contribution in [0, 0.1) is 0 Å². The van der Waals surface area contributed by atoms with Crippen molar-refractivity contribution in [3.8, 4) is 11.3 Å². The highest BCUT2D eigenvalue weighted by Crippen LogP contribution is 2.36. The summed E-state index contributed by atoms with van der Waals surface area (Å²) in [6.07, 6.45) is 3.66. The van der Waals surface area contributed by atoms with Gasteiger partial charge < -0.3 is 4.90 Å². The fourth-order valence-electron chi connectivity index (χ4n) is 4.15. The minimum atomic E-state index is 0.360. The van der Waals surface area contributed by atoms with E-state index in [1.54, 1.807) is 6.20 Å². The lowest BCUT2D eigenvalue weighted by atomic mass is 9.83. The maximum atomic E-state index is 4.38. The zero-order chi connectivity index (χ0) is 18.4. The predicted octanol–water partition coefficient (Wildman–Crippen LogP) is 3.61. The quantitative estimate of drug-likeness (QED) is 0.551. The van der Waals surface area contributed by atoms with Gasteiger partial charge >= 0.3 is 0 Å². The van der Waals surface area contributed by atoms with Crippen LogP contribution < -0.4 is 0 Å². The smallest absolute Gasteiger partial charge is 0.0929 e. The van der Waals surface area contributed by atoms with Crippen LogP contribution in [0.15, 0.2) is 60.9 Å². The topological polar surface area (TPSA) is 46.8 Å². The van der Waals surface area contributed by atoms with Gasteiger partial charge in [-0.1, -0.05) is 18.2 Å². The molecule has 134 valence electrons. The van der Waals surface area contributed by atoms with E-state index >= 15 is 0 Å². The largest absolute Gasteiger partial charge is 0.301 e. The van der Waals surface area contributed by atoms with E-state index in [9.17, 15) is 0 Å². The van der Waals surface area contributed by atoms with Gasteiger partial charge in [0.2, 0.25) is 0 Å². The van der Waals surface area contributed by atoms with Crippen LogP contribution in [0.2, 0.25) is 0 Å². The molecule has 5 nitrogen and oxygen atoms in total. The number of aryl methyl sites for hydroxylation is 1. The van der Waals surface area contributed by atoms with Gasteiger partial charge in [-0.15, -0.1) is 0 Å². The predicted molar refractivity (Wildman–Crippen MR) is 106 cm³/mol. The minimum Gasteiger partial charge on any atom is -0.301 e. The third-order valence-corrected chi connectivity index (χ3v) is 5.49. The van der Waals surface area contributed by atoms with Crippen LogP contribution in [-0.2, 0) is 13.6 Å². The molecule has 0 saturated heterocycles. The van der Waals surface area contributed by atoms with Crippen LogP contribution in [0.3, 0.4) is 0 Å². The van der Waals surface area contributed by atoms with E-state index in [0.717, 1.165) is 24.3 Å². The summed E-state index contributed by atoms with van der Waals surface area (Å²) < 4.78 is 1.92. The van der Waals surface area contributed by atoms with E-state index in [4.69, 9.17) is 0 Å². The van der Waals surface area contributed by atoms with Crippen LogP contribution in [0.5, 0.6) is 0 Å². The Morgan fingerprint density at radius 2 is 1.96 bits per heavy atom. The molecular formula is C22H21N5. The zero-order valence-corrected chi connectivity index (χ0v) is 15.5. The van der Waals surface area contributed by atoms with Crippen LogP contribution in [0.1, 0.15) is 22.6 Å². The Kier molecular flexibility index (Phi) is 3.76. The molecule has 2 aromatic carbocycles. The molecule has 0 aliphatic carbocycles. The van der Waals surface area contributed by atoms with Gasteiger partial charge in [0.1, 0.15) is 0 Å². The molecule has 5 rings (SSSR count). The minimum absolute atomic E-state index is 0.360. The van der Waals surface area contributed by atoms with Crippen molar-refractivity contribution >= 4 is 10.9 Å². The molecule has 0 N–H and O–H groups in total. The first-order valence-electron chi connectivity index (χ1n) is 9.20. The molecule has 0 amide bonds. The summed E-state index contributed by atoms with van der Waals surface area (Å²) in [6.45, 7) is 1.97. The molecule has 3 heterocycles. The van der Waals surface area contributed by atoms with Crippen LogP contribution in [0.4, 0.5) is 0 Å². The summed E-state index contributed by atoms with van der Waals surface area (Å²) in [6, 6.07) is 17.4. The van der Waals surface area contributed by atoms with Crippen molar-refractivity contribution in [2.45, 2.75) is 12.5 Å². The first kappa shape index (κ1) is 16.1. The second kappa shape index (κ2) is 6.28. The Morgan fingerprint density at radius 1 is 1.04 bits per heavy atom. The second-order valence-corrected chi connectivity index (χ2v) is 7.36. The maximum Gasteiger partial charge on any atom is 0.0929 e. The highest BCUT2D eigenvalue weighted by molar-refractivity contribution is 5.79. The highest BCUT2D eigenvalue weighted by atomic mass is 15.2. The van der Waals surface area contributed by atoms with E-state index < -0.39 is 0 Å². The summed E-state index contributed by atoms with van der Waals surface area (Å²) in [4.78, 5) is 2.39. The van der Waals surface area contributed by atoms with E-state index in [-0.39, 0.29) is 0 Å². The molecule has 1 unspecified atom stereocenters. The van der Waals surface area contributed by atoms with Crippen LogP contribution in [-0.4, -0.2) is 38.5 Å². The second-order valence-electron chi connectivity index (χ2n) is 7.36. The molecule has 0 radical (unpaired) electrons. The van der Waals surface area contributed by atoms with Crippen molar-refractivity contribution in [3.63, 3.8) is 0 Å². The van der Waals surface area contributed by atoms with Gasteiger partial charge in [0, 0.05) is 43.2 Å². The van der Waals surface area contributed by atoms with Gasteiger partial charge in [-0.25, -0.2) is 0 Å². The Balaban J connectivity index is 1.59. The number of hydrogen-bond acceptors (Lipinski definition) is 4. The van der Waals surface area contributed by atoms with Crippen molar-refractivity contribution in [2.75, 3.05) is 13.6 Å². The van der Waals surface area contributed by atoms with E-state index in [1.807, 2.05) is 30.1 Å². The summed E-state index contributed by atoms with van der Waals surface area (Å²) in [5, 5.41) is 13.8. The normalized spacial score (nSPS) is 17.2. The summed E-state index contributed by atoms with van der Waals surface area (Å²) in [7, 11) is 4.17. The number of fused-ring (bicyclic) bond motifs is 2. The summed E-state index contributed by atoms with van der Waals surface area (Å²) in [5.41, 5.74) is 7.32. The SMILES string of the molecule is CN1Cc2cc(-c3cccnn3)ccc2C(c2ccc3c(cnn3C)c2)C1. The fraction of sp³-hybridized carbons (Fsp3) is 0.227. The molecule has 0 saturated carbocycles. The number of hydrogen-bond donors (Lipinski definition) is 0. The third kappa shape index (κ3) is 2.80. The Labute approximate surface area is 158 Å². The van der Waals surface area contributed by atoms with Crippen molar-refractivity contribution in [1.29, 1.82) is 0 Å². The van der Waals surface area contributed by atoms with Gasteiger partial charge in [-0.3, -0.25) is 4.68 Å². The van der Waals surface area contributed by atoms with Crippen LogP contribution in [0.25, 0.3) is 22.2 Å². The molecule has 0 fully saturated rings. The molecule has 1 aliphatic rings.